The highest BCUT2D eigenvalue weighted by atomic mass is 16.3. The Kier molecular flexibility index (Phi) is 5.14. The van der Waals surface area contributed by atoms with Crippen molar-refractivity contribution in [3.8, 4) is 0 Å². The molecule has 0 amide bonds. The second-order valence-electron chi connectivity index (χ2n) is 3.66. The molecule has 0 radical (unpaired) electrons. The lowest BCUT2D eigenvalue weighted by molar-refractivity contribution is -0.124. The summed E-state index contributed by atoms with van der Waals surface area (Å²) in [7, 11) is 0. The molecule has 0 aromatic rings. The molecule has 0 aromatic carbocycles. The Morgan fingerprint density at radius 1 is 1.42 bits per heavy atom. The molecule has 3 atom stereocenters. The average molecular weight is 172 g/mol. The molecule has 72 valence electrons. The lowest BCUT2D eigenvalue weighted by Gasteiger charge is -2.22. The zero-order chi connectivity index (χ0) is 9.72. The molecule has 0 spiro atoms. The highest BCUT2D eigenvalue weighted by Gasteiger charge is 2.23. The summed E-state index contributed by atoms with van der Waals surface area (Å²) in [6.07, 6.45) is 1.57. The number of rotatable bonds is 5. The molecule has 2 heteroatoms. The normalized spacial score (nSPS) is 18.4. The summed E-state index contributed by atoms with van der Waals surface area (Å²) < 4.78 is 0. The number of Topliss-reactive ketones (excluding diaryl/α,β-unsaturated/α-hetero) is 1. The van der Waals surface area contributed by atoms with Gasteiger partial charge in [0, 0.05) is 5.92 Å². The first-order valence-electron chi connectivity index (χ1n) is 4.69. The SMILES string of the molecule is CCCC(C)C(O)C(C)C(C)=O. The van der Waals surface area contributed by atoms with Crippen LogP contribution in [0.5, 0.6) is 0 Å². The second-order valence-corrected chi connectivity index (χ2v) is 3.66. The van der Waals surface area contributed by atoms with E-state index in [1.807, 2.05) is 6.92 Å². The van der Waals surface area contributed by atoms with Crippen molar-refractivity contribution in [3.05, 3.63) is 0 Å². The summed E-state index contributed by atoms with van der Waals surface area (Å²) in [5.41, 5.74) is 0. The van der Waals surface area contributed by atoms with Crippen molar-refractivity contribution in [1.82, 2.24) is 0 Å². The van der Waals surface area contributed by atoms with Gasteiger partial charge >= 0.3 is 0 Å². The van der Waals surface area contributed by atoms with Crippen LogP contribution in [0, 0.1) is 11.8 Å². The molecule has 0 rings (SSSR count). The van der Waals surface area contributed by atoms with Crippen LogP contribution in [0.1, 0.15) is 40.5 Å². The first-order chi connectivity index (χ1) is 5.50. The molecule has 1 N–H and O–H groups in total. The van der Waals surface area contributed by atoms with Crippen LogP contribution in [0.15, 0.2) is 0 Å². The number of hydrogen-bond donors (Lipinski definition) is 1. The van der Waals surface area contributed by atoms with Crippen LogP contribution < -0.4 is 0 Å². The van der Waals surface area contributed by atoms with Crippen molar-refractivity contribution >= 4 is 5.78 Å². The molecule has 3 unspecified atom stereocenters. The van der Waals surface area contributed by atoms with E-state index in [1.165, 1.54) is 6.92 Å². The lowest BCUT2D eigenvalue weighted by atomic mass is 9.88. The number of aliphatic hydroxyl groups is 1. The van der Waals surface area contributed by atoms with Crippen molar-refractivity contribution < 1.29 is 9.90 Å². The van der Waals surface area contributed by atoms with Gasteiger partial charge in [-0.2, -0.15) is 0 Å². The van der Waals surface area contributed by atoms with Crippen LogP contribution in [0.2, 0.25) is 0 Å². The van der Waals surface area contributed by atoms with Crippen LogP contribution >= 0.6 is 0 Å². The monoisotopic (exact) mass is 172 g/mol. The molecule has 0 fully saturated rings. The van der Waals surface area contributed by atoms with E-state index in [9.17, 15) is 9.90 Å². The van der Waals surface area contributed by atoms with E-state index in [-0.39, 0.29) is 17.6 Å². The zero-order valence-electron chi connectivity index (χ0n) is 8.50. The fourth-order valence-corrected chi connectivity index (χ4v) is 1.36. The van der Waals surface area contributed by atoms with Gasteiger partial charge in [0.05, 0.1) is 6.10 Å². The minimum atomic E-state index is -0.470. The van der Waals surface area contributed by atoms with Crippen molar-refractivity contribution in [3.63, 3.8) is 0 Å². The lowest BCUT2D eigenvalue weighted by Crippen LogP contribution is -2.29. The maximum Gasteiger partial charge on any atom is 0.135 e. The van der Waals surface area contributed by atoms with E-state index < -0.39 is 6.10 Å². The van der Waals surface area contributed by atoms with Crippen LogP contribution in [0.25, 0.3) is 0 Å². The van der Waals surface area contributed by atoms with E-state index in [0.29, 0.717) is 0 Å². The summed E-state index contributed by atoms with van der Waals surface area (Å²) in [6.45, 7) is 7.40. The van der Waals surface area contributed by atoms with Gasteiger partial charge in [-0.1, -0.05) is 27.2 Å². The molecular formula is C10H20O2. The molecule has 0 aliphatic carbocycles. The van der Waals surface area contributed by atoms with Gasteiger partial charge in [0.1, 0.15) is 5.78 Å². The zero-order valence-corrected chi connectivity index (χ0v) is 8.50. The molecule has 0 bridgehead atoms. The van der Waals surface area contributed by atoms with Crippen LogP contribution in [-0.2, 0) is 4.79 Å². The number of ketones is 1. The van der Waals surface area contributed by atoms with E-state index in [0.717, 1.165) is 12.8 Å². The third-order valence-corrected chi connectivity index (χ3v) is 2.48. The van der Waals surface area contributed by atoms with Crippen LogP contribution in [0.3, 0.4) is 0 Å². The third kappa shape index (κ3) is 3.35. The molecule has 0 saturated carbocycles. The highest BCUT2D eigenvalue weighted by molar-refractivity contribution is 5.78. The van der Waals surface area contributed by atoms with Gasteiger partial charge in [-0.3, -0.25) is 4.79 Å². The van der Waals surface area contributed by atoms with Crippen molar-refractivity contribution in [2.75, 3.05) is 0 Å². The van der Waals surface area contributed by atoms with Gasteiger partial charge in [-0.05, 0) is 19.3 Å². The Morgan fingerprint density at radius 3 is 2.25 bits per heavy atom. The Labute approximate surface area is 75.0 Å². The summed E-state index contributed by atoms with van der Waals surface area (Å²) in [6, 6.07) is 0. The quantitative estimate of drug-likeness (QED) is 0.688. The Hall–Kier alpha value is -0.370. The Morgan fingerprint density at radius 2 is 1.92 bits per heavy atom. The average Bonchev–Trinajstić information content (AvgIpc) is 2.02. The fourth-order valence-electron chi connectivity index (χ4n) is 1.36. The van der Waals surface area contributed by atoms with E-state index in [2.05, 4.69) is 6.92 Å². The first-order valence-corrected chi connectivity index (χ1v) is 4.69. The maximum absolute atomic E-state index is 10.9. The standard InChI is InChI=1S/C10H20O2/c1-5-6-7(2)10(12)8(3)9(4)11/h7-8,10,12H,5-6H2,1-4H3. The van der Waals surface area contributed by atoms with Crippen LogP contribution in [-0.4, -0.2) is 17.0 Å². The molecule has 2 nitrogen and oxygen atoms in total. The van der Waals surface area contributed by atoms with Gasteiger partial charge < -0.3 is 5.11 Å². The van der Waals surface area contributed by atoms with Gasteiger partial charge in [0.15, 0.2) is 0 Å². The summed E-state index contributed by atoms with van der Waals surface area (Å²) in [5, 5.41) is 9.67. The second kappa shape index (κ2) is 5.31. The molecular weight excluding hydrogens is 152 g/mol. The van der Waals surface area contributed by atoms with E-state index in [1.54, 1.807) is 6.92 Å². The topological polar surface area (TPSA) is 37.3 Å². The van der Waals surface area contributed by atoms with Gasteiger partial charge in [-0.25, -0.2) is 0 Å². The third-order valence-electron chi connectivity index (χ3n) is 2.48. The summed E-state index contributed by atoms with van der Waals surface area (Å²) in [4.78, 5) is 10.9. The van der Waals surface area contributed by atoms with Gasteiger partial charge in [0.2, 0.25) is 0 Å². The Balaban J connectivity index is 3.99. The van der Waals surface area contributed by atoms with Crippen LogP contribution in [0.4, 0.5) is 0 Å². The maximum atomic E-state index is 10.9. The van der Waals surface area contributed by atoms with E-state index >= 15 is 0 Å². The predicted octanol–water partition coefficient (Wildman–Crippen LogP) is 2.01. The molecule has 12 heavy (non-hydrogen) atoms. The smallest absolute Gasteiger partial charge is 0.135 e. The number of carbonyl (C=O) groups excluding carboxylic acids is 1. The minimum Gasteiger partial charge on any atom is -0.392 e. The summed E-state index contributed by atoms with van der Waals surface area (Å²) >= 11 is 0. The van der Waals surface area contributed by atoms with Crippen molar-refractivity contribution in [2.24, 2.45) is 11.8 Å². The predicted molar refractivity (Wildman–Crippen MR) is 49.9 cm³/mol. The fraction of sp³-hybridized carbons (Fsp3) is 0.900. The molecule has 0 aliphatic rings. The number of carbonyl (C=O) groups is 1. The van der Waals surface area contributed by atoms with Crippen molar-refractivity contribution in [1.29, 1.82) is 0 Å². The number of hydrogen-bond acceptors (Lipinski definition) is 2. The van der Waals surface area contributed by atoms with Crippen molar-refractivity contribution in [2.45, 2.75) is 46.6 Å². The Bertz CT molecular complexity index is 143. The summed E-state index contributed by atoms with van der Waals surface area (Å²) in [5.74, 6) is 0.0888. The van der Waals surface area contributed by atoms with Gasteiger partial charge in [0.25, 0.3) is 0 Å². The molecule has 0 saturated heterocycles. The molecule has 0 aliphatic heterocycles. The van der Waals surface area contributed by atoms with Gasteiger partial charge in [-0.15, -0.1) is 0 Å². The first kappa shape index (κ1) is 11.6. The highest BCUT2D eigenvalue weighted by Crippen LogP contribution is 2.18. The van der Waals surface area contributed by atoms with E-state index in [4.69, 9.17) is 0 Å². The molecule has 0 aromatic heterocycles. The minimum absolute atomic E-state index is 0.0745. The number of aliphatic hydroxyl groups excluding tert-OH is 1. The molecule has 0 heterocycles. The largest absolute Gasteiger partial charge is 0.392 e.